The van der Waals surface area contributed by atoms with Crippen LogP contribution in [0, 0.1) is 0 Å². The first-order valence-electron chi connectivity index (χ1n) is 7.73. The number of unbranched alkanes of at least 4 members (excludes halogenated alkanes) is 2. The van der Waals surface area contributed by atoms with Crippen LogP contribution in [0.4, 0.5) is 0 Å². The third-order valence-electron chi connectivity index (χ3n) is 3.25. The van der Waals surface area contributed by atoms with Gasteiger partial charge in [-0.2, -0.15) is 0 Å². The highest BCUT2D eigenvalue weighted by Gasteiger charge is 2.14. The Hall–Kier alpha value is -0.0800. The predicted molar refractivity (Wildman–Crippen MR) is 78.7 cm³/mol. The van der Waals surface area contributed by atoms with E-state index in [2.05, 4.69) is 37.5 Å². The van der Waals surface area contributed by atoms with Crippen molar-refractivity contribution in [3.05, 3.63) is 0 Å². The van der Waals surface area contributed by atoms with Crippen molar-refractivity contribution in [1.82, 2.24) is 9.80 Å². The van der Waals surface area contributed by atoms with Gasteiger partial charge in [0.15, 0.2) is 0 Å². The van der Waals surface area contributed by atoms with Crippen LogP contribution in [0.15, 0.2) is 0 Å². The zero-order valence-electron chi connectivity index (χ0n) is 12.7. The van der Waals surface area contributed by atoms with Crippen LogP contribution in [0.1, 0.15) is 59.8 Å². The van der Waals surface area contributed by atoms with Gasteiger partial charge in [0.2, 0.25) is 0 Å². The van der Waals surface area contributed by atoms with Crippen LogP contribution in [0.25, 0.3) is 0 Å². The lowest BCUT2D eigenvalue weighted by Crippen LogP contribution is -2.46. The summed E-state index contributed by atoms with van der Waals surface area (Å²) < 4.78 is 0. The topological polar surface area (TPSA) is 6.48 Å². The maximum atomic E-state index is 2.58. The van der Waals surface area contributed by atoms with Crippen molar-refractivity contribution >= 4 is 0 Å². The highest BCUT2D eigenvalue weighted by atomic mass is 15.3. The molecule has 0 unspecified atom stereocenters. The molecule has 0 aromatic heterocycles. The highest BCUT2D eigenvalue weighted by molar-refractivity contribution is 4.70. The van der Waals surface area contributed by atoms with Crippen LogP contribution in [0.5, 0.6) is 0 Å². The Bertz CT molecular complexity index is 124. The SMILES string of the molecule is CCCCC.CCCN1CCN(CCC)CC1. The lowest BCUT2D eigenvalue weighted by molar-refractivity contribution is 0.133. The van der Waals surface area contributed by atoms with Gasteiger partial charge in [-0.25, -0.2) is 0 Å². The second-order valence-electron chi connectivity index (χ2n) is 5.04. The minimum Gasteiger partial charge on any atom is -0.301 e. The molecule has 1 rings (SSSR count). The number of piperazine rings is 1. The fourth-order valence-electron chi connectivity index (χ4n) is 2.22. The molecule has 17 heavy (non-hydrogen) atoms. The maximum absolute atomic E-state index is 2.58. The average molecular weight is 242 g/mol. The van der Waals surface area contributed by atoms with E-state index in [1.54, 1.807) is 0 Å². The average Bonchev–Trinajstić information content (AvgIpc) is 2.34. The Morgan fingerprint density at radius 1 is 0.588 bits per heavy atom. The van der Waals surface area contributed by atoms with E-state index in [0.29, 0.717) is 0 Å². The Morgan fingerprint density at radius 2 is 0.941 bits per heavy atom. The zero-order valence-corrected chi connectivity index (χ0v) is 12.7. The summed E-state index contributed by atoms with van der Waals surface area (Å²) in [6.07, 6.45) is 6.68. The molecule has 0 radical (unpaired) electrons. The highest BCUT2D eigenvalue weighted by Crippen LogP contribution is 2.02. The molecule has 0 aliphatic carbocycles. The second kappa shape index (κ2) is 12.4. The Kier molecular flexibility index (Phi) is 12.3. The monoisotopic (exact) mass is 242 g/mol. The van der Waals surface area contributed by atoms with Gasteiger partial charge in [-0.1, -0.05) is 47.0 Å². The van der Waals surface area contributed by atoms with Gasteiger partial charge in [0.05, 0.1) is 0 Å². The van der Waals surface area contributed by atoms with Crippen molar-refractivity contribution in [2.75, 3.05) is 39.3 Å². The van der Waals surface area contributed by atoms with E-state index in [4.69, 9.17) is 0 Å². The fraction of sp³-hybridized carbons (Fsp3) is 1.00. The minimum atomic E-state index is 1.29. The molecule has 0 spiro atoms. The zero-order chi connectivity index (χ0) is 12.9. The van der Waals surface area contributed by atoms with Crippen LogP contribution in [0.2, 0.25) is 0 Å². The predicted octanol–water partition coefficient (Wildman–Crippen LogP) is 3.62. The van der Waals surface area contributed by atoms with Crippen LogP contribution in [-0.2, 0) is 0 Å². The molecule has 0 N–H and O–H groups in total. The first kappa shape index (κ1) is 16.9. The fourth-order valence-corrected chi connectivity index (χ4v) is 2.22. The normalized spacial score (nSPS) is 17.6. The van der Waals surface area contributed by atoms with Crippen molar-refractivity contribution in [3.8, 4) is 0 Å². The third kappa shape index (κ3) is 9.61. The smallest absolute Gasteiger partial charge is 0.0110 e. The third-order valence-corrected chi connectivity index (χ3v) is 3.25. The van der Waals surface area contributed by atoms with Gasteiger partial charge in [-0.15, -0.1) is 0 Å². The van der Waals surface area contributed by atoms with Crippen LogP contribution in [-0.4, -0.2) is 49.1 Å². The van der Waals surface area contributed by atoms with Gasteiger partial charge in [0.1, 0.15) is 0 Å². The molecule has 0 saturated carbocycles. The van der Waals surface area contributed by atoms with Crippen molar-refractivity contribution in [3.63, 3.8) is 0 Å². The molecule has 1 aliphatic heterocycles. The second-order valence-corrected chi connectivity index (χ2v) is 5.04. The quantitative estimate of drug-likeness (QED) is 0.702. The molecular formula is C15H34N2. The summed E-state index contributed by atoms with van der Waals surface area (Å²) in [5.41, 5.74) is 0. The minimum absolute atomic E-state index is 1.29. The Balaban J connectivity index is 0.000000437. The van der Waals surface area contributed by atoms with Gasteiger partial charge in [-0.05, 0) is 25.9 Å². The summed E-state index contributed by atoms with van der Waals surface area (Å²) in [6.45, 7) is 16.7. The standard InChI is InChI=1S/C10H22N2.C5H12/c1-3-5-11-7-9-12(6-4-2)10-8-11;1-3-5-4-2/h3-10H2,1-2H3;3-5H2,1-2H3. The van der Waals surface area contributed by atoms with Crippen LogP contribution >= 0.6 is 0 Å². The van der Waals surface area contributed by atoms with E-state index in [1.807, 2.05) is 0 Å². The van der Waals surface area contributed by atoms with Crippen molar-refractivity contribution in [2.24, 2.45) is 0 Å². The Morgan fingerprint density at radius 3 is 1.12 bits per heavy atom. The molecule has 1 heterocycles. The molecule has 1 fully saturated rings. The number of rotatable bonds is 6. The molecule has 104 valence electrons. The number of hydrogen-bond acceptors (Lipinski definition) is 2. The van der Waals surface area contributed by atoms with Gasteiger partial charge in [0, 0.05) is 26.2 Å². The number of hydrogen-bond donors (Lipinski definition) is 0. The summed E-state index contributed by atoms with van der Waals surface area (Å²) in [6, 6.07) is 0. The first-order chi connectivity index (χ1) is 8.28. The van der Waals surface area contributed by atoms with Gasteiger partial charge in [0.25, 0.3) is 0 Å². The van der Waals surface area contributed by atoms with E-state index >= 15 is 0 Å². The molecule has 0 atom stereocenters. The molecule has 0 amide bonds. The van der Waals surface area contributed by atoms with Gasteiger partial charge in [-0.3, -0.25) is 0 Å². The van der Waals surface area contributed by atoms with E-state index in [-0.39, 0.29) is 0 Å². The van der Waals surface area contributed by atoms with Crippen molar-refractivity contribution in [1.29, 1.82) is 0 Å². The molecule has 1 aliphatic rings. The van der Waals surface area contributed by atoms with Gasteiger partial charge >= 0.3 is 0 Å². The molecule has 1 saturated heterocycles. The van der Waals surface area contributed by atoms with E-state index in [9.17, 15) is 0 Å². The summed E-state index contributed by atoms with van der Waals surface area (Å²) in [4.78, 5) is 5.15. The van der Waals surface area contributed by atoms with Gasteiger partial charge < -0.3 is 9.80 Å². The summed E-state index contributed by atoms with van der Waals surface area (Å²) in [5, 5.41) is 0. The molecular weight excluding hydrogens is 208 g/mol. The van der Waals surface area contributed by atoms with Crippen molar-refractivity contribution in [2.45, 2.75) is 59.8 Å². The molecule has 0 aromatic carbocycles. The largest absolute Gasteiger partial charge is 0.301 e. The van der Waals surface area contributed by atoms with E-state index < -0.39 is 0 Å². The lowest BCUT2D eigenvalue weighted by atomic mass is 10.3. The summed E-state index contributed by atoms with van der Waals surface area (Å²) >= 11 is 0. The number of nitrogens with zero attached hydrogens (tertiary/aromatic N) is 2. The summed E-state index contributed by atoms with van der Waals surface area (Å²) in [7, 11) is 0. The lowest BCUT2D eigenvalue weighted by Gasteiger charge is -2.34. The van der Waals surface area contributed by atoms with E-state index in [1.165, 1.54) is 71.4 Å². The van der Waals surface area contributed by atoms with Crippen LogP contribution in [0.3, 0.4) is 0 Å². The van der Waals surface area contributed by atoms with Crippen LogP contribution < -0.4 is 0 Å². The summed E-state index contributed by atoms with van der Waals surface area (Å²) in [5.74, 6) is 0. The van der Waals surface area contributed by atoms with E-state index in [0.717, 1.165) is 0 Å². The molecule has 2 nitrogen and oxygen atoms in total. The molecule has 0 aromatic rings. The molecule has 2 heteroatoms. The maximum Gasteiger partial charge on any atom is 0.0110 e. The van der Waals surface area contributed by atoms with Crippen molar-refractivity contribution < 1.29 is 0 Å². The first-order valence-corrected chi connectivity index (χ1v) is 7.73. The molecule has 0 bridgehead atoms. The Labute approximate surface area is 109 Å².